The number of halogens is 3. The molecule has 0 fully saturated rings. The molecule has 0 bridgehead atoms. The highest BCUT2D eigenvalue weighted by atomic mass is 19.4. The molecule has 3 aromatic rings. The van der Waals surface area contributed by atoms with Crippen LogP contribution in [-0.4, -0.2) is 61.1 Å². The van der Waals surface area contributed by atoms with Crippen LogP contribution in [0.1, 0.15) is 10.4 Å². The van der Waals surface area contributed by atoms with Crippen molar-refractivity contribution in [3.05, 3.63) is 66.5 Å². The van der Waals surface area contributed by atoms with E-state index < -0.39 is 12.3 Å². The highest BCUT2D eigenvalue weighted by Crippen LogP contribution is 2.26. The lowest BCUT2D eigenvalue weighted by molar-refractivity contribution is -0.274. The van der Waals surface area contributed by atoms with Crippen LogP contribution in [0.5, 0.6) is 5.75 Å². The number of alkyl halides is 3. The third-order valence-electron chi connectivity index (χ3n) is 4.60. The van der Waals surface area contributed by atoms with Crippen molar-refractivity contribution < 1.29 is 37.0 Å². The lowest BCUT2D eigenvalue weighted by atomic mass is 10.1. The van der Waals surface area contributed by atoms with E-state index in [-0.39, 0.29) is 44.6 Å². The largest absolute Gasteiger partial charge is 0.573 e. The maximum atomic E-state index is 12.5. The Labute approximate surface area is 210 Å². The van der Waals surface area contributed by atoms with E-state index in [9.17, 15) is 22.8 Å². The van der Waals surface area contributed by atoms with Gasteiger partial charge in [-0.2, -0.15) is 0 Å². The fourth-order valence-electron chi connectivity index (χ4n) is 3.02. The Kier molecular flexibility index (Phi) is 9.75. The minimum absolute atomic E-state index is 0.172. The number of benzene rings is 2. The lowest BCUT2D eigenvalue weighted by Gasteiger charge is -2.11. The summed E-state index contributed by atoms with van der Waals surface area (Å²) >= 11 is 0. The molecule has 0 spiro atoms. The molecular weight excluding hydrogens is 495 g/mol. The third kappa shape index (κ3) is 9.74. The molecule has 0 saturated heterocycles. The predicted octanol–water partition coefficient (Wildman–Crippen LogP) is 3.03. The molecule has 4 N–H and O–H groups in total. The minimum atomic E-state index is -4.76. The van der Waals surface area contributed by atoms with Crippen molar-refractivity contribution in [2.24, 2.45) is 5.73 Å². The number of amides is 2. The van der Waals surface area contributed by atoms with Gasteiger partial charge in [-0.25, -0.2) is 9.97 Å². The van der Waals surface area contributed by atoms with Gasteiger partial charge in [-0.05, 0) is 36.4 Å². The van der Waals surface area contributed by atoms with Gasteiger partial charge in [0.25, 0.3) is 5.91 Å². The van der Waals surface area contributed by atoms with Crippen molar-refractivity contribution in [2.45, 2.75) is 6.36 Å². The van der Waals surface area contributed by atoms with Gasteiger partial charge < -0.3 is 30.6 Å². The first kappa shape index (κ1) is 27.4. The number of anilines is 2. The normalized spacial score (nSPS) is 11.1. The summed E-state index contributed by atoms with van der Waals surface area (Å²) in [5, 5.41) is 5.73. The molecule has 1 heterocycles. The maximum Gasteiger partial charge on any atom is 0.573 e. The maximum absolute atomic E-state index is 12.5. The molecule has 0 aliphatic heterocycles. The number of rotatable bonds is 13. The molecule has 0 aliphatic rings. The smallest absolute Gasteiger partial charge is 0.406 e. The van der Waals surface area contributed by atoms with Crippen LogP contribution < -0.4 is 21.1 Å². The average molecular weight is 519 g/mol. The number of carbonyl (C=O) groups is 2. The Balaban J connectivity index is 1.53. The van der Waals surface area contributed by atoms with Crippen LogP contribution in [-0.2, 0) is 14.3 Å². The van der Waals surface area contributed by atoms with Crippen LogP contribution in [0.2, 0.25) is 0 Å². The highest BCUT2D eigenvalue weighted by molar-refractivity contribution is 5.95. The van der Waals surface area contributed by atoms with Crippen molar-refractivity contribution in [1.82, 2.24) is 15.3 Å². The Morgan fingerprint density at radius 1 is 0.946 bits per heavy atom. The number of hydrogen-bond donors (Lipinski definition) is 3. The highest BCUT2D eigenvalue weighted by Gasteiger charge is 2.30. The number of carbonyl (C=O) groups excluding carboxylic acids is 2. The molecule has 2 aromatic carbocycles. The number of nitrogens with zero attached hydrogens (tertiary/aromatic N) is 2. The first-order valence-corrected chi connectivity index (χ1v) is 11.0. The SMILES string of the molecule is NC(=O)COCCOCCNC(=O)c1cccc(-c2cc(Nc3ccc(OC(F)(F)F)cc3)ncn2)c1. The molecular formula is C24H24F3N5O5. The quantitative estimate of drug-likeness (QED) is 0.293. The van der Waals surface area contributed by atoms with E-state index in [1.165, 1.54) is 30.6 Å². The number of ether oxygens (including phenoxy) is 3. The van der Waals surface area contributed by atoms with E-state index in [0.717, 1.165) is 0 Å². The Bertz CT molecular complexity index is 1190. The monoisotopic (exact) mass is 519 g/mol. The van der Waals surface area contributed by atoms with E-state index in [4.69, 9.17) is 15.2 Å². The van der Waals surface area contributed by atoms with E-state index in [0.29, 0.717) is 28.3 Å². The molecule has 13 heteroatoms. The second-order valence-electron chi connectivity index (χ2n) is 7.45. The summed E-state index contributed by atoms with van der Waals surface area (Å²) in [7, 11) is 0. The summed E-state index contributed by atoms with van der Waals surface area (Å²) in [5.74, 6) is -0.792. The van der Waals surface area contributed by atoms with Crippen LogP contribution in [0.25, 0.3) is 11.3 Å². The van der Waals surface area contributed by atoms with E-state index in [1.807, 2.05) is 0 Å². The summed E-state index contributed by atoms with van der Waals surface area (Å²) < 4.78 is 51.1. The zero-order valence-electron chi connectivity index (χ0n) is 19.5. The molecule has 0 radical (unpaired) electrons. The van der Waals surface area contributed by atoms with Gasteiger partial charge in [-0.1, -0.05) is 12.1 Å². The van der Waals surface area contributed by atoms with Gasteiger partial charge in [0.15, 0.2) is 0 Å². The minimum Gasteiger partial charge on any atom is -0.406 e. The fraction of sp³-hybridized carbons (Fsp3) is 0.250. The van der Waals surface area contributed by atoms with E-state index in [1.54, 1.807) is 30.3 Å². The van der Waals surface area contributed by atoms with Gasteiger partial charge in [-0.15, -0.1) is 13.2 Å². The molecule has 0 unspecified atom stereocenters. The molecule has 2 amide bonds. The first-order chi connectivity index (χ1) is 17.7. The summed E-state index contributed by atoms with van der Waals surface area (Å²) in [6, 6.07) is 13.7. The van der Waals surface area contributed by atoms with Crippen LogP contribution in [0.3, 0.4) is 0 Å². The summed E-state index contributed by atoms with van der Waals surface area (Å²) in [5.41, 5.74) is 7.05. The molecule has 0 atom stereocenters. The van der Waals surface area contributed by atoms with Gasteiger partial charge in [0, 0.05) is 29.4 Å². The second kappa shape index (κ2) is 13.2. The zero-order chi connectivity index (χ0) is 26.7. The average Bonchev–Trinajstić information content (AvgIpc) is 2.86. The molecule has 10 nitrogen and oxygen atoms in total. The van der Waals surface area contributed by atoms with Crippen molar-refractivity contribution in [2.75, 3.05) is 38.3 Å². The van der Waals surface area contributed by atoms with E-state index in [2.05, 4.69) is 25.3 Å². The van der Waals surface area contributed by atoms with Crippen molar-refractivity contribution >= 4 is 23.3 Å². The molecule has 0 saturated carbocycles. The number of aromatic nitrogens is 2. The third-order valence-corrected chi connectivity index (χ3v) is 4.60. The van der Waals surface area contributed by atoms with Crippen molar-refractivity contribution in [1.29, 1.82) is 0 Å². The fourth-order valence-corrected chi connectivity index (χ4v) is 3.02. The Hall–Kier alpha value is -4.23. The standard InChI is InChI=1S/C24H24F3N5O5/c25-24(26,27)37-19-6-4-18(5-7-19)32-22-13-20(30-15-31-22)16-2-1-3-17(12-16)23(34)29-8-9-35-10-11-36-14-21(28)33/h1-7,12-13,15H,8-11,14H2,(H2,28,33)(H,29,34)(H,30,31,32). The Morgan fingerprint density at radius 2 is 1.70 bits per heavy atom. The van der Waals surface area contributed by atoms with Crippen LogP contribution in [0.4, 0.5) is 24.7 Å². The van der Waals surface area contributed by atoms with Crippen molar-refractivity contribution in [3.63, 3.8) is 0 Å². The number of nitrogens with two attached hydrogens (primary N) is 1. The van der Waals surface area contributed by atoms with Crippen molar-refractivity contribution in [3.8, 4) is 17.0 Å². The molecule has 3 rings (SSSR count). The molecule has 1 aromatic heterocycles. The Morgan fingerprint density at radius 3 is 2.43 bits per heavy atom. The second-order valence-corrected chi connectivity index (χ2v) is 7.45. The van der Waals surface area contributed by atoms with Gasteiger partial charge >= 0.3 is 6.36 Å². The zero-order valence-corrected chi connectivity index (χ0v) is 19.5. The summed E-state index contributed by atoms with van der Waals surface area (Å²) in [6.45, 7) is 0.831. The molecule has 196 valence electrons. The summed E-state index contributed by atoms with van der Waals surface area (Å²) in [4.78, 5) is 31.4. The van der Waals surface area contributed by atoms with Gasteiger partial charge in [0.1, 0.15) is 24.5 Å². The topological polar surface area (TPSA) is 138 Å². The number of primary amides is 1. The van der Waals surface area contributed by atoms with E-state index >= 15 is 0 Å². The first-order valence-electron chi connectivity index (χ1n) is 11.0. The predicted molar refractivity (Wildman–Crippen MR) is 127 cm³/mol. The number of nitrogens with one attached hydrogen (secondary N) is 2. The van der Waals surface area contributed by atoms with Gasteiger partial charge in [0.05, 0.1) is 25.5 Å². The molecule has 37 heavy (non-hydrogen) atoms. The van der Waals surface area contributed by atoms with Crippen LogP contribution >= 0.6 is 0 Å². The van der Waals surface area contributed by atoms with Gasteiger partial charge in [-0.3, -0.25) is 9.59 Å². The van der Waals surface area contributed by atoms with Crippen LogP contribution in [0, 0.1) is 0 Å². The summed E-state index contributed by atoms with van der Waals surface area (Å²) in [6.07, 6.45) is -3.44. The number of hydrogen-bond acceptors (Lipinski definition) is 8. The van der Waals surface area contributed by atoms with Crippen LogP contribution in [0.15, 0.2) is 60.9 Å². The lowest BCUT2D eigenvalue weighted by Crippen LogP contribution is -2.27. The molecule has 0 aliphatic carbocycles. The van der Waals surface area contributed by atoms with Gasteiger partial charge in [0.2, 0.25) is 5.91 Å².